The fourth-order valence-corrected chi connectivity index (χ4v) is 4.02. The van der Waals surface area contributed by atoms with Crippen molar-refractivity contribution in [3.05, 3.63) is 101 Å². The first kappa shape index (κ1) is 21.4. The Morgan fingerprint density at radius 3 is 2.44 bits per heavy atom. The molecule has 3 aromatic rings. The molecule has 0 atom stereocenters. The molecule has 3 aromatic carbocycles. The Morgan fingerprint density at radius 2 is 1.69 bits per heavy atom. The first-order chi connectivity index (χ1) is 15.6. The third-order valence-corrected chi connectivity index (χ3v) is 5.65. The lowest BCUT2D eigenvalue weighted by molar-refractivity contribution is 0.0985. The van der Waals surface area contributed by atoms with Crippen LogP contribution < -0.4 is 10.2 Å². The van der Waals surface area contributed by atoms with E-state index in [9.17, 15) is 9.59 Å². The van der Waals surface area contributed by atoms with Gasteiger partial charge in [-0.3, -0.25) is 9.59 Å². The summed E-state index contributed by atoms with van der Waals surface area (Å²) in [4.78, 5) is 27.8. The van der Waals surface area contributed by atoms with E-state index in [2.05, 4.69) is 5.32 Å². The Bertz CT molecular complexity index is 1170. The van der Waals surface area contributed by atoms with Crippen LogP contribution in [0.5, 0.6) is 0 Å². The summed E-state index contributed by atoms with van der Waals surface area (Å²) in [6, 6.07) is 22.4. The third kappa shape index (κ3) is 4.42. The maximum absolute atomic E-state index is 13.4. The molecule has 0 fully saturated rings. The third-order valence-electron chi connectivity index (χ3n) is 5.65. The van der Waals surface area contributed by atoms with Gasteiger partial charge in [0.05, 0.1) is 19.1 Å². The van der Waals surface area contributed by atoms with Crippen LogP contribution in [0.25, 0.3) is 5.57 Å². The van der Waals surface area contributed by atoms with Gasteiger partial charge in [0.1, 0.15) is 0 Å². The Labute approximate surface area is 188 Å². The zero-order valence-electron chi connectivity index (χ0n) is 18.3. The standard InChI is InChI=1S/C27H26N2O3/c1-19-8-3-4-10-23(19)26(30)28-22-15-13-20(14-16-22)27(31)29-17-7-9-21(18-32-2)24-11-5-6-12-25(24)29/h3-6,8,10-16,18H,7,9,17H2,1-2H3,(H,28,30)/b21-18+. The van der Waals surface area contributed by atoms with E-state index in [1.165, 1.54) is 0 Å². The van der Waals surface area contributed by atoms with Crippen LogP contribution in [0.1, 0.15) is 44.7 Å². The number of allylic oxidation sites excluding steroid dienone is 1. The van der Waals surface area contributed by atoms with Gasteiger partial charge in [-0.1, -0.05) is 36.4 Å². The molecular weight excluding hydrogens is 400 g/mol. The van der Waals surface area contributed by atoms with Gasteiger partial charge in [0.15, 0.2) is 0 Å². The molecule has 32 heavy (non-hydrogen) atoms. The number of methoxy groups -OCH3 is 1. The maximum Gasteiger partial charge on any atom is 0.258 e. The van der Waals surface area contributed by atoms with Crippen molar-refractivity contribution in [3.63, 3.8) is 0 Å². The van der Waals surface area contributed by atoms with Gasteiger partial charge in [-0.05, 0) is 67.3 Å². The number of anilines is 2. The Balaban J connectivity index is 1.55. The van der Waals surface area contributed by atoms with Crippen molar-refractivity contribution in [1.29, 1.82) is 0 Å². The van der Waals surface area contributed by atoms with E-state index in [1.807, 2.05) is 54.3 Å². The van der Waals surface area contributed by atoms with Crippen molar-refractivity contribution >= 4 is 28.8 Å². The molecule has 0 aromatic heterocycles. The zero-order valence-corrected chi connectivity index (χ0v) is 18.3. The van der Waals surface area contributed by atoms with Gasteiger partial charge in [0.25, 0.3) is 11.8 Å². The molecule has 1 aliphatic rings. The molecule has 0 bridgehead atoms. The highest BCUT2D eigenvalue weighted by Crippen LogP contribution is 2.34. The van der Waals surface area contributed by atoms with E-state index >= 15 is 0 Å². The molecule has 1 aliphatic heterocycles. The molecule has 5 nitrogen and oxygen atoms in total. The number of nitrogens with zero attached hydrogens (tertiary/aromatic N) is 1. The number of fused-ring (bicyclic) bond motifs is 1. The fourth-order valence-electron chi connectivity index (χ4n) is 4.02. The molecule has 0 aliphatic carbocycles. The minimum absolute atomic E-state index is 0.0621. The SMILES string of the molecule is CO/C=C1\CCCN(C(=O)c2ccc(NC(=O)c3ccccc3C)cc2)c2ccccc21. The molecule has 0 radical (unpaired) electrons. The Hall–Kier alpha value is -3.86. The van der Waals surface area contributed by atoms with Gasteiger partial charge in [0.2, 0.25) is 0 Å². The van der Waals surface area contributed by atoms with E-state index in [4.69, 9.17) is 4.74 Å². The number of carbonyl (C=O) groups excluding carboxylic acids is 2. The second-order valence-electron chi connectivity index (χ2n) is 7.80. The summed E-state index contributed by atoms with van der Waals surface area (Å²) < 4.78 is 5.26. The monoisotopic (exact) mass is 426 g/mol. The molecule has 0 saturated carbocycles. The van der Waals surface area contributed by atoms with E-state index in [-0.39, 0.29) is 11.8 Å². The van der Waals surface area contributed by atoms with Crippen LogP contribution in [0, 0.1) is 6.92 Å². The highest BCUT2D eigenvalue weighted by molar-refractivity contribution is 6.08. The smallest absolute Gasteiger partial charge is 0.258 e. The van der Waals surface area contributed by atoms with Gasteiger partial charge in [-0.2, -0.15) is 0 Å². The predicted octanol–water partition coefficient (Wildman–Crippen LogP) is 5.68. The molecule has 4 rings (SSSR count). The highest BCUT2D eigenvalue weighted by atomic mass is 16.5. The average Bonchev–Trinajstić information content (AvgIpc) is 2.99. The summed E-state index contributed by atoms with van der Waals surface area (Å²) in [6.45, 7) is 2.53. The minimum Gasteiger partial charge on any atom is -0.504 e. The summed E-state index contributed by atoms with van der Waals surface area (Å²) in [5, 5.41) is 2.91. The predicted molar refractivity (Wildman–Crippen MR) is 128 cm³/mol. The minimum atomic E-state index is -0.166. The molecule has 1 heterocycles. The Morgan fingerprint density at radius 1 is 0.969 bits per heavy atom. The molecule has 1 N–H and O–H groups in total. The second-order valence-corrected chi connectivity index (χ2v) is 7.80. The second kappa shape index (κ2) is 9.52. The number of amides is 2. The van der Waals surface area contributed by atoms with Gasteiger partial charge < -0.3 is 15.0 Å². The maximum atomic E-state index is 13.4. The number of hydrogen-bond acceptors (Lipinski definition) is 3. The summed E-state index contributed by atoms with van der Waals surface area (Å²) in [5.41, 5.74) is 5.77. The lowest BCUT2D eigenvalue weighted by Gasteiger charge is -2.23. The van der Waals surface area contributed by atoms with E-state index < -0.39 is 0 Å². The van der Waals surface area contributed by atoms with Crippen LogP contribution in [0.15, 0.2) is 79.1 Å². The molecule has 5 heteroatoms. The first-order valence-electron chi connectivity index (χ1n) is 10.7. The number of nitrogens with one attached hydrogen (secondary N) is 1. The number of hydrogen-bond donors (Lipinski definition) is 1. The van der Waals surface area contributed by atoms with Gasteiger partial charge in [0, 0.05) is 28.9 Å². The number of carbonyl (C=O) groups is 2. The number of benzene rings is 3. The largest absolute Gasteiger partial charge is 0.504 e. The van der Waals surface area contributed by atoms with Crippen molar-refractivity contribution in [2.45, 2.75) is 19.8 Å². The van der Waals surface area contributed by atoms with Crippen LogP contribution in [-0.4, -0.2) is 25.5 Å². The van der Waals surface area contributed by atoms with Crippen LogP contribution in [-0.2, 0) is 4.74 Å². The summed E-state index contributed by atoms with van der Waals surface area (Å²) in [7, 11) is 1.64. The molecule has 2 amide bonds. The van der Waals surface area contributed by atoms with Crippen LogP contribution in [0.4, 0.5) is 11.4 Å². The molecular formula is C27H26N2O3. The Kier molecular flexibility index (Phi) is 6.36. The molecule has 162 valence electrons. The van der Waals surface area contributed by atoms with Crippen LogP contribution in [0.3, 0.4) is 0 Å². The van der Waals surface area contributed by atoms with E-state index in [1.54, 1.807) is 43.7 Å². The normalized spacial score (nSPS) is 14.4. The van der Waals surface area contributed by atoms with Crippen molar-refractivity contribution < 1.29 is 14.3 Å². The van der Waals surface area contributed by atoms with E-state index in [0.29, 0.717) is 23.4 Å². The number of ether oxygens (including phenoxy) is 1. The highest BCUT2D eigenvalue weighted by Gasteiger charge is 2.24. The number of aryl methyl sites for hydroxylation is 1. The van der Waals surface area contributed by atoms with Crippen LogP contribution >= 0.6 is 0 Å². The van der Waals surface area contributed by atoms with Crippen molar-refractivity contribution in [2.24, 2.45) is 0 Å². The van der Waals surface area contributed by atoms with Crippen molar-refractivity contribution in [3.8, 4) is 0 Å². The average molecular weight is 427 g/mol. The topological polar surface area (TPSA) is 58.6 Å². The number of para-hydroxylation sites is 1. The molecule has 0 unspecified atom stereocenters. The lowest BCUT2D eigenvalue weighted by Crippen LogP contribution is -2.31. The fraction of sp³-hybridized carbons (Fsp3) is 0.185. The summed E-state index contributed by atoms with van der Waals surface area (Å²) >= 11 is 0. The molecule has 0 spiro atoms. The summed E-state index contributed by atoms with van der Waals surface area (Å²) in [5.74, 6) is -0.228. The van der Waals surface area contributed by atoms with Gasteiger partial charge in [-0.25, -0.2) is 0 Å². The number of rotatable bonds is 4. The zero-order chi connectivity index (χ0) is 22.5. The van der Waals surface area contributed by atoms with Crippen molar-refractivity contribution in [2.75, 3.05) is 23.9 Å². The van der Waals surface area contributed by atoms with Crippen molar-refractivity contribution in [1.82, 2.24) is 0 Å². The van der Waals surface area contributed by atoms with Gasteiger partial charge in [-0.15, -0.1) is 0 Å². The lowest BCUT2D eigenvalue weighted by atomic mass is 10.0. The molecule has 0 saturated heterocycles. The quantitative estimate of drug-likeness (QED) is 0.547. The first-order valence-corrected chi connectivity index (χ1v) is 10.7. The van der Waals surface area contributed by atoms with E-state index in [0.717, 1.165) is 35.2 Å². The van der Waals surface area contributed by atoms with Crippen LogP contribution in [0.2, 0.25) is 0 Å². The van der Waals surface area contributed by atoms with Gasteiger partial charge >= 0.3 is 0 Å². The summed E-state index contributed by atoms with van der Waals surface area (Å²) in [6.07, 6.45) is 3.46.